The molecule has 1 aliphatic carbocycles. The van der Waals surface area contributed by atoms with Gasteiger partial charge >= 0.3 is 0 Å². The molecule has 1 saturated carbocycles. The van der Waals surface area contributed by atoms with Crippen LogP contribution in [-0.2, 0) is 10.3 Å². The lowest BCUT2D eigenvalue weighted by molar-refractivity contribution is -0.136. The second-order valence-corrected chi connectivity index (χ2v) is 4.63. The molecule has 0 heterocycles. The molecule has 0 amide bonds. The highest BCUT2D eigenvalue weighted by Gasteiger charge is 2.43. The summed E-state index contributed by atoms with van der Waals surface area (Å²) < 4.78 is 0. The average Bonchev–Trinajstić information content (AvgIpc) is 2.26. The van der Waals surface area contributed by atoms with Crippen LogP contribution in [-0.4, -0.2) is 17.0 Å². The van der Waals surface area contributed by atoms with Gasteiger partial charge in [0.05, 0.1) is 0 Å². The van der Waals surface area contributed by atoms with Crippen molar-refractivity contribution >= 4 is 17.4 Å². The zero-order valence-corrected chi connectivity index (χ0v) is 9.57. The fraction of sp³-hybridized carbons (Fsp3) is 0.417. The Bertz CT molecular complexity index is 421. The first-order valence-electron chi connectivity index (χ1n) is 5.32. The van der Waals surface area contributed by atoms with Crippen LogP contribution in [0.3, 0.4) is 0 Å². The zero-order valence-electron chi connectivity index (χ0n) is 8.82. The molecule has 1 fully saturated rings. The van der Waals surface area contributed by atoms with Gasteiger partial charge in [0.1, 0.15) is 11.6 Å². The third kappa shape index (κ3) is 1.75. The SMILES string of the molecule is N[C@@]1(c2ccccc2Cl)CCCC(O)C1=O. The van der Waals surface area contributed by atoms with Gasteiger partial charge in [-0.25, -0.2) is 0 Å². The number of hydrogen-bond donors (Lipinski definition) is 2. The van der Waals surface area contributed by atoms with Gasteiger partial charge in [-0.2, -0.15) is 0 Å². The van der Waals surface area contributed by atoms with Crippen molar-refractivity contribution in [1.82, 2.24) is 0 Å². The van der Waals surface area contributed by atoms with E-state index in [0.717, 1.165) is 6.42 Å². The van der Waals surface area contributed by atoms with E-state index in [9.17, 15) is 9.90 Å². The molecular weight excluding hydrogens is 226 g/mol. The summed E-state index contributed by atoms with van der Waals surface area (Å²) in [5, 5.41) is 10.1. The Labute approximate surface area is 99.2 Å². The molecule has 2 rings (SSSR count). The van der Waals surface area contributed by atoms with Gasteiger partial charge in [0.25, 0.3) is 0 Å². The average molecular weight is 240 g/mol. The molecule has 2 atom stereocenters. The van der Waals surface area contributed by atoms with Crippen molar-refractivity contribution in [2.24, 2.45) is 5.73 Å². The van der Waals surface area contributed by atoms with E-state index in [2.05, 4.69) is 0 Å². The summed E-state index contributed by atoms with van der Waals surface area (Å²) in [5.41, 5.74) is 5.60. The van der Waals surface area contributed by atoms with Crippen LogP contribution in [0.2, 0.25) is 5.02 Å². The number of Topliss-reactive ketones (excluding diaryl/α,β-unsaturated/α-hetero) is 1. The maximum Gasteiger partial charge on any atom is 0.185 e. The van der Waals surface area contributed by atoms with Crippen LogP contribution >= 0.6 is 11.6 Å². The second-order valence-electron chi connectivity index (χ2n) is 4.22. The molecule has 0 bridgehead atoms. The number of hydrogen-bond acceptors (Lipinski definition) is 3. The van der Waals surface area contributed by atoms with Crippen molar-refractivity contribution in [3.05, 3.63) is 34.9 Å². The van der Waals surface area contributed by atoms with E-state index in [0.29, 0.717) is 23.4 Å². The molecule has 1 aliphatic rings. The number of halogens is 1. The van der Waals surface area contributed by atoms with E-state index >= 15 is 0 Å². The highest BCUT2D eigenvalue weighted by Crippen LogP contribution is 2.35. The molecule has 0 aliphatic heterocycles. The minimum absolute atomic E-state index is 0.327. The summed E-state index contributed by atoms with van der Waals surface area (Å²) in [6.07, 6.45) is 0.791. The fourth-order valence-electron chi connectivity index (χ4n) is 2.22. The summed E-state index contributed by atoms with van der Waals surface area (Å²) in [6, 6.07) is 7.04. The summed E-state index contributed by atoms with van der Waals surface area (Å²) in [5.74, 6) is -0.327. The summed E-state index contributed by atoms with van der Waals surface area (Å²) >= 11 is 6.05. The summed E-state index contributed by atoms with van der Waals surface area (Å²) in [6.45, 7) is 0. The molecule has 3 nitrogen and oxygen atoms in total. The zero-order chi connectivity index (χ0) is 11.8. The molecule has 0 saturated heterocycles. The van der Waals surface area contributed by atoms with E-state index in [1.54, 1.807) is 24.3 Å². The van der Waals surface area contributed by atoms with Gasteiger partial charge in [-0.1, -0.05) is 29.8 Å². The van der Waals surface area contributed by atoms with Crippen LogP contribution in [0.5, 0.6) is 0 Å². The van der Waals surface area contributed by atoms with Gasteiger partial charge in [0.15, 0.2) is 5.78 Å². The molecule has 0 aromatic heterocycles. The number of nitrogens with two attached hydrogens (primary N) is 1. The maximum atomic E-state index is 12.0. The number of benzene rings is 1. The fourth-order valence-corrected chi connectivity index (χ4v) is 2.52. The van der Waals surface area contributed by atoms with Crippen molar-refractivity contribution in [2.75, 3.05) is 0 Å². The number of aliphatic hydroxyl groups excluding tert-OH is 1. The van der Waals surface area contributed by atoms with Crippen molar-refractivity contribution in [1.29, 1.82) is 0 Å². The molecule has 86 valence electrons. The molecule has 3 N–H and O–H groups in total. The monoisotopic (exact) mass is 239 g/mol. The van der Waals surface area contributed by atoms with E-state index in [4.69, 9.17) is 17.3 Å². The molecule has 1 unspecified atom stereocenters. The Morgan fingerprint density at radius 2 is 2.12 bits per heavy atom. The topological polar surface area (TPSA) is 63.3 Å². The first-order valence-corrected chi connectivity index (χ1v) is 5.70. The van der Waals surface area contributed by atoms with E-state index < -0.39 is 11.6 Å². The van der Waals surface area contributed by atoms with E-state index in [-0.39, 0.29) is 5.78 Å². The minimum atomic E-state index is -1.13. The molecular formula is C12H14ClNO2. The summed E-state index contributed by atoms with van der Waals surface area (Å²) in [7, 11) is 0. The van der Waals surface area contributed by atoms with Crippen LogP contribution in [0.4, 0.5) is 0 Å². The van der Waals surface area contributed by atoms with Crippen LogP contribution in [0.25, 0.3) is 0 Å². The van der Waals surface area contributed by atoms with Crippen molar-refractivity contribution < 1.29 is 9.90 Å². The Morgan fingerprint density at radius 1 is 1.44 bits per heavy atom. The normalized spacial score (nSPS) is 30.4. The predicted octanol–water partition coefficient (Wildman–Crippen LogP) is 1.61. The van der Waals surface area contributed by atoms with Gasteiger partial charge in [0.2, 0.25) is 0 Å². The first-order chi connectivity index (χ1) is 7.55. The van der Waals surface area contributed by atoms with Gasteiger partial charge in [-0.05, 0) is 30.9 Å². The van der Waals surface area contributed by atoms with E-state index in [1.807, 2.05) is 0 Å². The highest BCUT2D eigenvalue weighted by molar-refractivity contribution is 6.31. The van der Waals surface area contributed by atoms with Crippen LogP contribution in [0, 0.1) is 0 Å². The molecule has 0 spiro atoms. The quantitative estimate of drug-likeness (QED) is 0.783. The number of carbonyl (C=O) groups is 1. The molecule has 4 heteroatoms. The number of aliphatic hydroxyl groups is 1. The third-order valence-electron chi connectivity index (χ3n) is 3.15. The number of ketones is 1. The number of rotatable bonds is 1. The predicted molar refractivity (Wildman–Crippen MR) is 62.2 cm³/mol. The molecule has 1 aromatic carbocycles. The van der Waals surface area contributed by atoms with Crippen molar-refractivity contribution in [3.63, 3.8) is 0 Å². The van der Waals surface area contributed by atoms with E-state index in [1.165, 1.54) is 0 Å². The first kappa shape index (κ1) is 11.6. The standard InChI is InChI=1S/C12H14ClNO2/c13-9-5-2-1-4-8(9)12(14)7-3-6-10(15)11(12)16/h1-2,4-5,10,15H,3,6-7,14H2/t10?,12-/m1/s1. The molecule has 0 radical (unpaired) electrons. The molecule has 16 heavy (non-hydrogen) atoms. The maximum absolute atomic E-state index is 12.0. The lowest BCUT2D eigenvalue weighted by atomic mass is 9.75. The highest BCUT2D eigenvalue weighted by atomic mass is 35.5. The van der Waals surface area contributed by atoms with Crippen LogP contribution < -0.4 is 5.73 Å². The van der Waals surface area contributed by atoms with Gasteiger partial charge in [0, 0.05) is 5.02 Å². The van der Waals surface area contributed by atoms with Crippen LogP contribution in [0.15, 0.2) is 24.3 Å². The molecule has 1 aromatic rings. The smallest absolute Gasteiger partial charge is 0.185 e. The van der Waals surface area contributed by atoms with Crippen LogP contribution in [0.1, 0.15) is 24.8 Å². The van der Waals surface area contributed by atoms with Crippen molar-refractivity contribution in [3.8, 4) is 0 Å². The Hall–Kier alpha value is -0.900. The second kappa shape index (κ2) is 4.17. The minimum Gasteiger partial charge on any atom is -0.385 e. The summed E-state index contributed by atoms with van der Waals surface area (Å²) in [4.78, 5) is 12.0. The van der Waals surface area contributed by atoms with Crippen molar-refractivity contribution in [2.45, 2.75) is 30.9 Å². The Kier molecular flexibility index (Phi) is 3.02. The Balaban J connectivity index is 2.45. The van der Waals surface area contributed by atoms with Gasteiger partial charge in [-0.15, -0.1) is 0 Å². The lowest BCUT2D eigenvalue weighted by Gasteiger charge is -2.35. The largest absolute Gasteiger partial charge is 0.385 e. The number of carbonyl (C=O) groups excluding carboxylic acids is 1. The van der Waals surface area contributed by atoms with Gasteiger partial charge < -0.3 is 10.8 Å². The Morgan fingerprint density at radius 3 is 2.81 bits per heavy atom. The lowest BCUT2D eigenvalue weighted by Crippen LogP contribution is -2.52. The third-order valence-corrected chi connectivity index (χ3v) is 3.48. The van der Waals surface area contributed by atoms with Gasteiger partial charge in [-0.3, -0.25) is 4.79 Å².